The van der Waals surface area contributed by atoms with Gasteiger partial charge in [0.25, 0.3) is 5.89 Å². The molecule has 1 aromatic carbocycles. The Morgan fingerprint density at radius 2 is 1.79 bits per heavy atom. The lowest BCUT2D eigenvalue weighted by Crippen LogP contribution is -2.15. The molecule has 3 heterocycles. The molecule has 4 rings (SSSR count). The molecule has 148 valence electrons. The Morgan fingerprint density at radius 3 is 2.41 bits per heavy atom. The van der Waals surface area contributed by atoms with Crippen LogP contribution in [-0.2, 0) is 0 Å². The highest BCUT2D eigenvalue weighted by molar-refractivity contribution is 5.58. The fourth-order valence-electron chi connectivity index (χ4n) is 2.75. The molecule has 0 bridgehead atoms. The second-order valence-electron chi connectivity index (χ2n) is 6.12. The molecule has 11 heteroatoms. The van der Waals surface area contributed by atoms with Gasteiger partial charge in [0.2, 0.25) is 5.89 Å². The zero-order chi connectivity index (χ0) is 20.4. The molecule has 3 N–H and O–H groups in total. The van der Waals surface area contributed by atoms with Crippen molar-refractivity contribution in [2.24, 2.45) is 0 Å². The van der Waals surface area contributed by atoms with Gasteiger partial charge in [-0.2, -0.15) is 8.78 Å². The van der Waals surface area contributed by atoms with Crippen LogP contribution >= 0.6 is 0 Å². The minimum Gasteiger partial charge on any atom is -0.415 e. The summed E-state index contributed by atoms with van der Waals surface area (Å²) in [6.07, 6.45) is 0.450. The van der Waals surface area contributed by atoms with Gasteiger partial charge in [0.15, 0.2) is 0 Å². The molecule has 0 saturated heterocycles. The molecule has 0 aliphatic rings. The summed E-state index contributed by atoms with van der Waals surface area (Å²) in [5.41, 5.74) is 8.13. The number of pyridine rings is 1. The normalized spacial score (nSPS) is 12.4. The summed E-state index contributed by atoms with van der Waals surface area (Å²) in [6, 6.07) is 9.66. The van der Waals surface area contributed by atoms with E-state index in [2.05, 4.69) is 25.5 Å². The number of anilines is 1. The molecule has 0 saturated carbocycles. The van der Waals surface area contributed by atoms with Gasteiger partial charge in [-0.15, -0.1) is 15.3 Å². The van der Waals surface area contributed by atoms with E-state index in [0.29, 0.717) is 17.1 Å². The molecule has 3 aromatic heterocycles. The summed E-state index contributed by atoms with van der Waals surface area (Å²) in [6.45, 7) is -0.224. The first-order valence-corrected chi connectivity index (χ1v) is 8.51. The van der Waals surface area contributed by atoms with E-state index >= 15 is 0 Å². The van der Waals surface area contributed by atoms with Gasteiger partial charge in [-0.3, -0.25) is 0 Å². The van der Waals surface area contributed by atoms with Gasteiger partial charge >= 0.3 is 6.43 Å². The van der Waals surface area contributed by atoms with Crippen molar-refractivity contribution in [2.75, 3.05) is 12.3 Å². The summed E-state index contributed by atoms with van der Waals surface area (Å²) in [7, 11) is 0. The third-order valence-electron chi connectivity index (χ3n) is 4.25. The standard InChI is InChI=1S/C18H15F2N7O2/c19-16(20)18-25-24-17(29-18)11-3-1-10(2-4-11)14(9-28)27-8-13(23-26-27)12-5-6-15(21)22-7-12/h1-8,14,16,28H,9H2,(H2,21,22). The zero-order valence-corrected chi connectivity index (χ0v) is 14.9. The minimum absolute atomic E-state index is 0.00806. The van der Waals surface area contributed by atoms with Crippen molar-refractivity contribution in [2.45, 2.75) is 12.5 Å². The molecule has 0 fully saturated rings. The van der Waals surface area contributed by atoms with Crippen LogP contribution in [-0.4, -0.2) is 41.9 Å². The predicted octanol–water partition coefficient (Wildman–Crippen LogP) is 2.49. The quantitative estimate of drug-likeness (QED) is 0.506. The number of aliphatic hydroxyl groups is 1. The summed E-state index contributed by atoms with van der Waals surface area (Å²) >= 11 is 0. The van der Waals surface area contributed by atoms with Crippen LogP contribution in [0.5, 0.6) is 0 Å². The van der Waals surface area contributed by atoms with Gasteiger partial charge < -0.3 is 15.3 Å². The van der Waals surface area contributed by atoms with Crippen molar-refractivity contribution < 1.29 is 18.3 Å². The molecule has 0 aliphatic heterocycles. The van der Waals surface area contributed by atoms with Gasteiger partial charge in [-0.1, -0.05) is 17.3 Å². The largest absolute Gasteiger partial charge is 0.415 e. The average Bonchev–Trinajstić information content (AvgIpc) is 3.40. The van der Waals surface area contributed by atoms with Gasteiger partial charge in [0, 0.05) is 17.3 Å². The zero-order valence-electron chi connectivity index (χ0n) is 14.9. The molecule has 0 radical (unpaired) electrons. The lowest BCUT2D eigenvalue weighted by atomic mass is 10.1. The van der Waals surface area contributed by atoms with Crippen molar-refractivity contribution in [1.82, 2.24) is 30.2 Å². The fraction of sp³-hybridized carbons (Fsp3) is 0.167. The van der Waals surface area contributed by atoms with Gasteiger partial charge in [-0.05, 0) is 29.8 Å². The van der Waals surface area contributed by atoms with E-state index in [4.69, 9.17) is 10.2 Å². The second kappa shape index (κ2) is 7.72. The van der Waals surface area contributed by atoms with E-state index in [1.54, 1.807) is 48.8 Å². The molecule has 1 unspecified atom stereocenters. The number of aliphatic hydroxyl groups excluding tert-OH is 1. The van der Waals surface area contributed by atoms with Crippen LogP contribution in [0, 0.1) is 0 Å². The van der Waals surface area contributed by atoms with E-state index in [0.717, 1.165) is 11.1 Å². The minimum atomic E-state index is -2.83. The summed E-state index contributed by atoms with van der Waals surface area (Å²) < 4.78 is 31.7. The lowest BCUT2D eigenvalue weighted by Gasteiger charge is -2.14. The van der Waals surface area contributed by atoms with E-state index in [1.807, 2.05) is 0 Å². The Morgan fingerprint density at radius 1 is 1.03 bits per heavy atom. The van der Waals surface area contributed by atoms with E-state index in [1.165, 1.54) is 4.68 Å². The molecule has 0 amide bonds. The molecular weight excluding hydrogens is 384 g/mol. The number of benzene rings is 1. The van der Waals surface area contributed by atoms with Crippen molar-refractivity contribution in [3.63, 3.8) is 0 Å². The van der Waals surface area contributed by atoms with Crippen molar-refractivity contribution in [1.29, 1.82) is 0 Å². The molecule has 0 spiro atoms. The number of hydrogen-bond donors (Lipinski definition) is 2. The number of rotatable bonds is 6. The topological polar surface area (TPSA) is 129 Å². The summed E-state index contributed by atoms with van der Waals surface area (Å²) in [4.78, 5) is 4.02. The van der Waals surface area contributed by atoms with Crippen LogP contribution in [0.4, 0.5) is 14.6 Å². The molecule has 0 aliphatic carbocycles. The number of nitrogen functional groups attached to an aromatic ring is 1. The molecule has 9 nitrogen and oxygen atoms in total. The predicted molar refractivity (Wildman–Crippen MR) is 97.6 cm³/mol. The first kappa shape index (κ1) is 18.6. The number of alkyl halides is 2. The number of hydrogen-bond acceptors (Lipinski definition) is 8. The molecular formula is C18H15F2N7O2. The Kier molecular flexibility index (Phi) is 4.96. The van der Waals surface area contributed by atoms with Gasteiger partial charge in [0.1, 0.15) is 17.6 Å². The Balaban J connectivity index is 1.57. The van der Waals surface area contributed by atoms with Crippen molar-refractivity contribution in [3.8, 4) is 22.7 Å². The number of nitrogens with zero attached hydrogens (tertiary/aromatic N) is 6. The number of halogens is 2. The molecule has 4 aromatic rings. The van der Waals surface area contributed by atoms with E-state index in [9.17, 15) is 13.9 Å². The highest BCUT2D eigenvalue weighted by Crippen LogP contribution is 2.26. The monoisotopic (exact) mass is 399 g/mol. The third kappa shape index (κ3) is 3.80. The average molecular weight is 399 g/mol. The fourth-order valence-corrected chi connectivity index (χ4v) is 2.75. The van der Waals surface area contributed by atoms with Crippen LogP contribution in [0.2, 0.25) is 0 Å². The molecule has 1 atom stereocenters. The summed E-state index contributed by atoms with van der Waals surface area (Å²) in [5, 5.41) is 25.0. The van der Waals surface area contributed by atoms with E-state index < -0.39 is 18.4 Å². The number of aromatic nitrogens is 6. The smallest absolute Gasteiger partial charge is 0.314 e. The maximum atomic E-state index is 12.6. The number of nitrogens with two attached hydrogens (primary N) is 1. The Bertz CT molecular complexity index is 1090. The maximum Gasteiger partial charge on any atom is 0.314 e. The van der Waals surface area contributed by atoms with Crippen LogP contribution in [0.15, 0.2) is 53.2 Å². The second-order valence-corrected chi connectivity index (χ2v) is 6.12. The Hall–Kier alpha value is -3.73. The van der Waals surface area contributed by atoms with Crippen molar-refractivity contribution in [3.05, 3.63) is 60.2 Å². The SMILES string of the molecule is Nc1ccc(-c2cn(C(CO)c3ccc(-c4nnc(C(F)F)o4)cc3)nn2)cn1. The highest BCUT2D eigenvalue weighted by atomic mass is 19.3. The highest BCUT2D eigenvalue weighted by Gasteiger charge is 2.19. The van der Waals surface area contributed by atoms with Gasteiger partial charge in [-0.25, -0.2) is 9.67 Å². The van der Waals surface area contributed by atoms with Crippen LogP contribution in [0.1, 0.15) is 23.9 Å². The first-order chi connectivity index (χ1) is 14.0. The Labute approximate surface area is 162 Å². The van der Waals surface area contributed by atoms with Crippen LogP contribution in [0.25, 0.3) is 22.7 Å². The van der Waals surface area contributed by atoms with Gasteiger partial charge in [0.05, 0.1) is 12.8 Å². The third-order valence-corrected chi connectivity index (χ3v) is 4.25. The maximum absolute atomic E-state index is 12.6. The molecule has 29 heavy (non-hydrogen) atoms. The first-order valence-electron chi connectivity index (χ1n) is 8.51. The summed E-state index contributed by atoms with van der Waals surface area (Å²) in [5.74, 6) is -0.340. The lowest BCUT2D eigenvalue weighted by molar-refractivity contribution is 0.116. The van der Waals surface area contributed by atoms with Crippen LogP contribution < -0.4 is 5.73 Å². The van der Waals surface area contributed by atoms with Crippen molar-refractivity contribution >= 4 is 5.82 Å². The van der Waals surface area contributed by atoms with Crippen LogP contribution in [0.3, 0.4) is 0 Å². The van der Waals surface area contributed by atoms with E-state index in [-0.39, 0.29) is 12.5 Å².